The van der Waals surface area contributed by atoms with E-state index in [9.17, 15) is 4.79 Å². The predicted molar refractivity (Wildman–Crippen MR) is 39.3 cm³/mol. The second-order valence-corrected chi connectivity index (χ2v) is 2.28. The first kappa shape index (κ1) is 7.78. The number of H-pyrrole nitrogens is 1. The Morgan fingerprint density at radius 2 is 2.55 bits per heavy atom. The van der Waals surface area contributed by atoms with Gasteiger partial charge in [0.2, 0.25) is 0 Å². The first-order chi connectivity index (χ1) is 5.22. The summed E-state index contributed by atoms with van der Waals surface area (Å²) in [6, 6.07) is 0. The average Bonchev–Trinajstić information content (AvgIpc) is 2.34. The highest BCUT2D eigenvalue weighted by molar-refractivity contribution is 5.68. The first-order valence-corrected chi connectivity index (χ1v) is 3.47. The molecule has 11 heavy (non-hydrogen) atoms. The van der Waals surface area contributed by atoms with E-state index in [4.69, 9.17) is 5.11 Å². The fourth-order valence-corrected chi connectivity index (χ4v) is 0.818. The summed E-state index contributed by atoms with van der Waals surface area (Å²) in [4.78, 5) is 17.0. The Kier molecular flexibility index (Phi) is 2.25. The Hall–Kier alpha value is -1.32. The van der Waals surface area contributed by atoms with Crippen LogP contribution in [-0.4, -0.2) is 21.0 Å². The molecule has 0 aromatic carbocycles. The maximum Gasteiger partial charge on any atom is 0.311 e. The van der Waals surface area contributed by atoms with Gasteiger partial charge in [-0.3, -0.25) is 4.79 Å². The summed E-state index contributed by atoms with van der Waals surface area (Å²) in [5.74, 6) is -0.337. The zero-order chi connectivity index (χ0) is 8.27. The number of nitrogens with one attached hydrogen (secondary N) is 1. The molecule has 1 rings (SSSR count). The standard InChI is InChI=1S/C7H10N2O2/c1-2-5-4-8-6(9-5)3-7(10)11/h4H,2-3H2,1H3,(H,8,9)(H,10,11). The third kappa shape index (κ3) is 2.07. The summed E-state index contributed by atoms with van der Waals surface area (Å²) < 4.78 is 0. The van der Waals surface area contributed by atoms with Crippen LogP contribution >= 0.6 is 0 Å². The summed E-state index contributed by atoms with van der Waals surface area (Å²) in [5, 5.41) is 8.39. The first-order valence-electron chi connectivity index (χ1n) is 3.47. The van der Waals surface area contributed by atoms with Crippen LogP contribution in [-0.2, 0) is 17.6 Å². The van der Waals surface area contributed by atoms with Gasteiger partial charge in [0.05, 0.1) is 0 Å². The molecule has 1 aromatic rings. The normalized spacial score (nSPS) is 9.91. The lowest BCUT2D eigenvalue weighted by Gasteiger charge is -1.88. The number of hydrogen-bond acceptors (Lipinski definition) is 2. The molecule has 1 aromatic heterocycles. The molecule has 0 spiro atoms. The molecule has 0 radical (unpaired) electrons. The Morgan fingerprint density at radius 1 is 1.82 bits per heavy atom. The van der Waals surface area contributed by atoms with Crippen LogP contribution in [0, 0.1) is 0 Å². The molecule has 2 N–H and O–H groups in total. The maximum absolute atomic E-state index is 10.2. The smallest absolute Gasteiger partial charge is 0.311 e. The number of nitrogens with zero attached hydrogens (tertiary/aromatic N) is 1. The number of aromatic nitrogens is 2. The minimum atomic E-state index is -0.859. The SMILES string of the molecule is CCc1cnc(CC(=O)O)[nH]1. The summed E-state index contributed by atoms with van der Waals surface area (Å²) in [6.45, 7) is 1.98. The molecule has 0 fully saturated rings. The van der Waals surface area contributed by atoms with Gasteiger partial charge in [-0.05, 0) is 6.42 Å². The van der Waals surface area contributed by atoms with Crippen molar-refractivity contribution in [2.45, 2.75) is 19.8 Å². The van der Waals surface area contributed by atoms with Gasteiger partial charge in [0.1, 0.15) is 12.2 Å². The summed E-state index contributed by atoms with van der Waals surface area (Å²) >= 11 is 0. The number of carbonyl (C=O) groups is 1. The van der Waals surface area contributed by atoms with Crippen LogP contribution in [0.2, 0.25) is 0 Å². The van der Waals surface area contributed by atoms with Crippen molar-refractivity contribution in [1.82, 2.24) is 9.97 Å². The van der Waals surface area contributed by atoms with Crippen molar-refractivity contribution in [3.8, 4) is 0 Å². The van der Waals surface area contributed by atoms with Crippen LogP contribution in [0.15, 0.2) is 6.20 Å². The minimum Gasteiger partial charge on any atom is -0.481 e. The lowest BCUT2D eigenvalue weighted by molar-refractivity contribution is -0.136. The third-order valence-electron chi connectivity index (χ3n) is 1.38. The van der Waals surface area contributed by atoms with Crippen LogP contribution < -0.4 is 0 Å². The predicted octanol–water partition coefficient (Wildman–Crippen LogP) is 0.599. The maximum atomic E-state index is 10.2. The molecule has 4 heteroatoms. The summed E-state index contributed by atoms with van der Waals surface area (Å²) in [7, 11) is 0. The summed E-state index contributed by atoms with van der Waals surface area (Å²) in [6.07, 6.45) is 2.49. The number of aliphatic carboxylic acids is 1. The average molecular weight is 154 g/mol. The van der Waals surface area contributed by atoms with Gasteiger partial charge in [-0.25, -0.2) is 4.98 Å². The molecule has 0 aliphatic rings. The van der Waals surface area contributed by atoms with E-state index in [0.717, 1.165) is 12.1 Å². The number of imidazole rings is 1. The van der Waals surface area contributed by atoms with Gasteiger partial charge < -0.3 is 10.1 Å². The van der Waals surface area contributed by atoms with Crippen LogP contribution in [0.4, 0.5) is 0 Å². The lowest BCUT2D eigenvalue weighted by Crippen LogP contribution is -2.01. The molecule has 0 aliphatic carbocycles. The highest BCUT2D eigenvalue weighted by Crippen LogP contribution is 1.97. The Balaban J connectivity index is 2.65. The molecule has 4 nitrogen and oxygen atoms in total. The molecular weight excluding hydrogens is 144 g/mol. The quantitative estimate of drug-likeness (QED) is 0.670. The van der Waals surface area contributed by atoms with Crippen molar-refractivity contribution < 1.29 is 9.90 Å². The van der Waals surface area contributed by atoms with Gasteiger partial charge in [0.15, 0.2) is 0 Å². The number of aryl methyl sites for hydroxylation is 1. The fraction of sp³-hybridized carbons (Fsp3) is 0.429. The molecule has 1 heterocycles. The molecule has 0 aliphatic heterocycles. The lowest BCUT2D eigenvalue weighted by atomic mass is 10.4. The monoisotopic (exact) mass is 154 g/mol. The number of rotatable bonds is 3. The topological polar surface area (TPSA) is 66.0 Å². The van der Waals surface area contributed by atoms with E-state index in [1.807, 2.05) is 6.92 Å². The molecule has 0 atom stereocenters. The number of aromatic amines is 1. The molecular formula is C7H10N2O2. The van der Waals surface area contributed by atoms with Crippen LogP contribution in [0.25, 0.3) is 0 Å². The minimum absolute atomic E-state index is 0.0278. The fourth-order valence-electron chi connectivity index (χ4n) is 0.818. The largest absolute Gasteiger partial charge is 0.481 e. The highest BCUT2D eigenvalue weighted by Gasteiger charge is 2.03. The van der Waals surface area contributed by atoms with Gasteiger partial charge in [0, 0.05) is 11.9 Å². The van der Waals surface area contributed by atoms with E-state index >= 15 is 0 Å². The van der Waals surface area contributed by atoms with Gasteiger partial charge in [-0.15, -0.1) is 0 Å². The number of carboxylic acids is 1. The third-order valence-corrected chi connectivity index (χ3v) is 1.38. The molecule has 60 valence electrons. The second kappa shape index (κ2) is 3.18. The highest BCUT2D eigenvalue weighted by atomic mass is 16.4. The molecule has 0 saturated heterocycles. The Morgan fingerprint density at radius 3 is 3.00 bits per heavy atom. The molecule has 0 amide bonds. The van der Waals surface area contributed by atoms with Crippen molar-refractivity contribution in [3.05, 3.63) is 17.7 Å². The Bertz CT molecular complexity index is 255. The molecule has 0 bridgehead atoms. The van der Waals surface area contributed by atoms with Crippen LogP contribution in [0.3, 0.4) is 0 Å². The van der Waals surface area contributed by atoms with Crippen LogP contribution in [0.5, 0.6) is 0 Å². The van der Waals surface area contributed by atoms with Crippen molar-refractivity contribution in [3.63, 3.8) is 0 Å². The zero-order valence-electron chi connectivity index (χ0n) is 6.29. The van der Waals surface area contributed by atoms with E-state index in [1.165, 1.54) is 0 Å². The Labute approximate surface area is 64.3 Å². The van der Waals surface area contributed by atoms with Crippen molar-refractivity contribution in [2.24, 2.45) is 0 Å². The van der Waals surface area contributed by atoms with E-state index in [1.54, 1.807) is 6.20 Å². The van der Waals surface area contributed by atoms with E-state index in [0.29, 0.717) is 5.82 Å². The van der Waals surface area contributed by atoms with Gasteiger partial charge >= 0.3 is 5.97 Å². The van der Waals surface area contributed by atoms with E-state index < -0.39 is 5.97 Å². The molecule has 0 unspecified atom stereocenters. The molecule has 0 saturated carbocycles. The van der Waals surface area contributed by atoms with Crippen molar-refractivity contribution in [2.75, 3.05) is 0 Å². The second-order valence-electron chi connectivity index (χ2n) is 2.28. The number of carboxylic acid groups (broad SMARTS) is 1. The zero-order valence-corrected chi connectivity index (χ0v) is 6.29. The summed E-state index contributed by atoms with van der Waals surface area (Å²) in [5.41, 5.74) is 0.973. The number of hydrogen-bond donors (Lipinski definition) is 2. The van der Waals surface area contributed by atoms with Crippen LogP contribution in [0.1, 0.15) is 18.4 Å². The van der Waals surface area contributed by atoms with E-state index in [2.05, 4.69) is 9.97 Å². The van der Waals surface area contributed by atoms with Crippen molar-refractivity contribution in [1.29, 1.82) is 0 Å². The van der Waals surface area contributed by atoms with Gasteiger partial charge in [-0.2, -0.15) is 0 Å². The van der Waals surface area contributed by atoms with E-state index in [-0.39, 0.29) is 6.42 Å². The van der Waals surface area contributed by atoms with Gasteiger partial charge in [-0.1, -0.05) is 6.92 Å². The van der Waals surface area contributed by atoms with Gasteiger partial charge in [0.25, 0.3) is 0 Å². The van der Waals surface area contributed by atoms with Crippen molar-refractivity contribution >= 4 is 5.97 Å².